The Balaban J connectivity index is 1.40. The number of hydrogen-bond acceptors (Lipinski definition) is 5. The van der Waals surface area contributed by atoms with Gasteiger partial charge in [-0.25, -0.2) is 4.79 Å². The molecule has 4 aliphatic rings. The molecule has 5 heteroatoms. The molecule has 0 N–H and O–H groups in total. The molecule has 4 heterocycles. The minimum Gasteiger partial charge on any atom is -0.485 e. The van der Waals surface area contributed by atoms with Gasteiger partial charge in [0, 0.05) is 6.54 Å². The maximum Gasteiger partial charge on any atom is 0.351 e. The minimum atomic E-state index is -0.657. The van der Waals surface area contributed by atoms with Crippen molar-refractivity contribution in [1.82, 2.24) is 4.90 Å². The predicted octanol–water partition coefficient (Wildman–Crippen LogP) is 1.46. The molecule has 5 rings (SSSR count). The fourth-order valence-electron chi connectivity index (χ4n) is 3.41. The number of piperidine rings is 3. The number of hydrogen-bond donors (Lipinski definition) is 0. The molecule has 0 radical (unpaired) electrons. The second-order valence-electron chi connectivity index (χ2n) is 5.98. The van der Waals surface area contributed by atoms with Gasteiger partial charge in [-0.15, -0.1) is 0 Å². The molecule has 112 valence electrons. The van der Waals surface area contributed by atoms with Gasteiger partial charge in [-0.3, -0.25) is 4.90 Å². The highest BCUT2D eigenvalue weighted by Crippen LogP contribution is 2.33. The quantitative estimate of drug-likeness (QED) is 0.772. The van der Waals surface area contributed by atoms with E-state index in [1.54, 1.807) is 0 Å². The largest absolute Gasteiger partial charge is 0.485 e. The first kappa shape index (κ1) is 13.0. The Labute approximate surface area is 123 Å². The maximum atomic E-state index is 12.3. The molecule has 0 aromatic heterocycles. The molecule has 4 aliphatic heterocycles. The highest BCUT2D eigenvalue weighted by atomic mass is 16.6. The topological polar surface area (TPSA) is 48.0 Å². The van der Waals surface area contributed by atoms with Crippen LogP contribution in [-0.2, 0) is 9.53 Å². The molecule has 3 fully saturated rings. The van der Waals surface area contributed by atoms with Gasteiger partial charge in [0.15, 0.2) is 11.5 Å². The van der Waals surface area contributed by atoms with Crippen molar-refractivity contribution in [2.75, 3.05) is 26.2 Å². The molecule has 0 aliphatic carbocycles. The predicted molar refractivity (Wildman–Crippen MR) is 75.4 cm³/mol. The Bertz CT molecular complexity index is 539. The lowest BCUT2D eigenvalue weighted by Gasteiger charge is -2.44. The molecule has 3 saturated heterocycles. The van der Waals surface area contributed by atoms with Crippen LogP contribution in [0.4, 0.5) is 0 Å². The molecule has 2 atom stereocenters. The van der Waals surface area contributed by atoms with Gasteiger partial charge in [0.2, 0.25) is 6.10 Å². The third kappa shape index (κ3) is 2.46. The zero-order valence-electron chi connectivity index (χ0n) is 11.9. The van der Waals surface area contributed by atoms with E-state index in [0.29, 0.717) is 17.4 Å². The fourth-order valence-corrected chi connectivity index (χ4v) is 3.41. The summed E-state index contributed by atoms with van der Waals surface area (Å²) in [5.41, 5.74) is 0. The number of ether oxygens (including phenoxy) is 3. The van der Waals surface area contributed by atoms with Gasteiger partial charge in [-0.05, 0) is 44.0 Å². The van der Waals surface area contributed by atoms with Crippen LogP contribution in [0.5, 0.6) is 11.5 Å². The lowest BCUT2D eigenvalue weighted by molar-refractivity contribution is -0.169. The lowest BCUT2D eigenvalue weighted by Crippen LogP contribution is -2.53. The average Bonchev–Trinajstić information content (AvgIpc) is 2.55. The summed E-state index contributed by atoms with van der Waals surface area (Å²) in [6.07, 6.45) is 1.61. The summed E-state index contributed by atoms with van der Waals surface area (Å²) in [6, 6.07) is 7.39. The zero-order valence-corrected chi connectivity index (χ0v) is 11.9. The van der Waals surface area contributed by atoms with Gasteiger partial charge in [0.1, 0.15) is 12.7 Å². The molecular weight excluding hydrogens is 270 g/mol. The van der Waals surface area contributed by atoms with E-state index >= 15 is 0 Å². The Morgan fingerprint density at radius 2 is 1.95 bits per heavy atom. The molecule has 5 nitrogen and oxygen atoms in total. The Morgan fingerprint density at radius 1 is 1.19 bits per heavy atom. The Kier molecular flexibility index (Phi) is 3.22. The van der Waals surface area contributed by atoms with E-state index in [0.717, 1.165) is 32.5 Å². The summed E-state index contributed by atoms with van der Waals surface area (Å²) >= 11 is 0. The summed E-state index contributed by atoms with van der Waals surface area (Å²) in [7, 11) is 0. The van der Waals surface area contributed by atoms with E-state index in [1.807, 2.05) is 24.3 Å². The first-order valence-electron chi connectivity index (χ1n) is 7.61. The first-order valence-corrected chi connectivity index (χ1v) is 7.61. The van der Waals surface area contributed by atoms with Gasteiger partial charge < -0.3 is 14.2 Å². The molecule has 0 saturated carbocycles. The van der Waals surface area contributed by atoms with Crippen molar-refractivity contribution in [1.29, 1.82) is 0 Å². The van der Waals surface area contributed by atoms with E-state index < -0.39 is 6.10 Å². The van der Waals surface area contributed by atoms with Crippen molar-refractivity contribution in [2.45, 2.75) is 25.0 Å². The smallest absolute Gasteiger partial charge is 0.351 e. The minimum absolute atomic E-state index is 0.0146. The number of carbonyl (C=O) groups excluding carboxylic acids is 1. The molecule has 2 bridgehead atoms. The fraction of sp³-hybridized carbons (Fsp3) is 0.562. The summed E-state index contributed by atoms with van der Waals surface area (Å²) in [4.78, 5) is 14.7. The summed E-state index contributed by atoms with van der Waals surface area (Å²) in [5.74, 6) is 1.50. The highest BCUT2D eigenvalue weighted by Gasteiger charge is 2.38. The van der Waals surface area contributed by atoms with Gasteiger partial charge in [0.05, 0.1) is 0 Å². The Hall–Kier alpha value is -1.75. The molecular formula is C16H19NO4. The van der Waals surface area contributed by atoms with Crippen LogP contribution in [0.25, 0.3) is 0 Å². The van der Waals surface area contributed by atoms with E-state index in [9.17, 15) is 4.79 Å². The van der Waals surface area contributed by atoms with Gasteiger partial charge in [-0.1, -0.05) is 12.1 Å². The molecule has 0 unspecified atom stereocenters. The van der Waals surface area contributed by atoms with E-state index in [1.165, 1.54) is 0 Å². The van der Waals surface area contributed by atoms with Crippen molar-refractivity contribution in [3.63, 3.8) is 0 Å². The number of nitrogens with zero attached hydrogens (tertiary/aromatic N) is 1. The van der Waals surface area contributed by atoms with Crippen molar-refractivity contribution < 1.29 is 19.0 Å². The van der Waals surface area contributed by atoms with Crippen LogP contribution in [0.3, 0.4) is 0 Å². The van der Waals surface area contributed by atoms with Crippen LogP contribution < -0.4 is 9.47 Å². The van der Waals surface area contributed by atoms with Crippen LogP contribution in [0.15, 0.2) is 24.3 Å². The summed E-state index contributed by atoms with van der Waals surface area (Å²) < 4.78 is 17.0. The van der Waals surface area contributed by atoms with Gasteiger partial charge in [0.25, 0.3) is 0 Å². The van der Waals surface area contributed by atoms with Gasteiger partial charge in [-0.2, -0.15) is 0 Å². The number of rotatable bonds is 2. The number of carbonyl (C=O) groups is 1. The third-order valence-corrected chi connectivity index (χ3v) is 4.64. The third-order valence-electron chi connectivity index (χ3n) is 4.64. The van der Waals surface area contributed by atoms with Gasteiger partial charge >= 0.3 is 5.97 Å². The zero-order chi connectivity index (χ0) is 14.2. The maximum absolute atomic E-state index is 12.3. The SMILES string of the molecule is O=C(O[C@@H]1CN2CCC1CC2)[C@@H]1COc2ccccc2O1. The number of para-hydroxylation sites is 2. The van der Waals surface area contributed by atoms with E-state index in [-0.39, 0.29) is 18.7 Å². The van der Waals surface area contributed by atoms with Crippen LogP contribution in [-0.4, -0.2) is 49.3 Å². The first-order chi connectivity index (χ1) is 10.3. The molecule has 1 aromatic rings. The monoisotopic (exact) mass is 289 g/mol. The van der Waals surface area contributed by atoms with Crippen LogP contribution in [0, 0.1) is 5.92 Å². The standard InChI is InChI=1S/C16H19NO4/c18-16(21-14-9-17-7-5-11(14)6-8-17)15-10-19-12-3-1-2-4-13(12)20-15/h1-4,11,14-15H,5-10H2/t14-,15+/m1/s1. The molecule has 0 spiro atoms. The molecule has 1 aromatic carbocycles. The Morgan fingerprint density at radius 3 is 2.67 bits per heavy atom. The molecule has 0 amide bonds. The van der Waals surface area contributed by atoms with E-state index in [4.69, 9.17) is 14.2 Å². The van der Waals surface area contributed by atoms with E-state index in [2.05, 4.69) is 4.90 Å². The second-order valence-corrected chi connectivity index (χ2v) is 5.98. The summed E-state index contributed by atoms with van der Waals surface area (Å²) in [6.45, 7) is 3.35. The number of esters is 1. The van der Waals surface area contributed by atoms with Crippen molar-refractivity contribution in [3.8, 4) is 11.5 Å². The second kappa shape index (κ2) is 5.22. The number of fused-ring (bicyclic) bond motifs is 4. The van der Waals surface area contributed by atoms with Crippen molar-refractivity contribution in [3.05, 3.63) is 24.3 Å². The average molecular weight is 289 g/mol. The van der Waals surface area contributed by atoms with Crippen molar-refractivity contribution >= 4 is 5.97 Å². The summed E-state index contributed by atoms with van der Waals surface area (Å²) in [5, 5.41) is 0. The van der Waals surface area contributed by atoms with Crippen LogP contribution in [0.1, 0.15) is 12.8 Å². The van der Waals surface area contributed by atoms with Crippen molar-refractivity contribution in [2.24, 2.45) is 5.92 Å². The molecule has 21 heavy (non-hydrogen) atoms. The lowest BCUT2D eigenvalue weighted by atomic mass is 9.86. The highest BCUT2D eigenvalue weighted by molar-refractivity contribution is 5.76. The van der Waals surface area contributed by atoms with Crippen LogP contribution in [0.2, 0.25) is 0 Å². The normalized spacial score (nSPS) is 33.5. The van der Waals surface area contributed by atoms with Crippen LogP contribution >= 0.6 is 0 Å². The number of benzene rings is 1.